The van der Waals surface area contributed by atoms with Gasteiger partial charge in [-0.2, -0.15) is 0 Å². The van der Waals surface area contributed by atoms with Crippen LogP contribution in [0.4, 0.5) is 0 Å². The zero-order chi connectivity index (χ0) is 24.9. The molecule has 0 saturated carbocycles. The van der Waals surface area contributed by atoms with Gasteiger partial charge in [0.25, 0.3) is 0 Å². The predicted molar refractivity (Wildman–Crippen MR) is 126 cm³/mol. The lowest BCUT2D eigenvalue weighted by atomic mass is 9.89. The van der Waals surface area contributed by atoms with Crippen LogP contribution in [0.25, 0.3) is 5.57 Å². The van der Waals surface area contributed by atoms with Crippen LogP contribution in [0.2, 0.25) is 0 Å². The molecule has 0 bridgehead atoms. The van der Waals surface area contributed by atoms with Crippen molar-refractivity contribution in [3.63, 3.8) is 0 Å². The first kappa shape index (κ1) is 23.6. The van der Waals surface area contributed by atoms with Crippen molar-refractivity contribution in [1.29, 1.82) is 0 Å². The molecule has 0 spiro atoms. The Hall–Kier alpha value is -4.59. The number of allylic oxidation sites excluding steroid dienone is 1. The van der Waals surface area contributed by atoms with Gasteiger partial charge in [-0.3, -0.25) is 4.79 Å². The lowest BCUT2D eigenvalue weighted by Crippen LogP contribution is -2.14. The smallest absolute Gasteiger partial charge is 0.337 e. The quantitative estimate of drug-likeness (QED) is 0.294. The summed E-state index contributed by atoms with van der Waals surface area (Å²) in [6, 6.07) is 17.6. The van der Waals surface area contributed by atoms with E-state index >= 15 is 0 Å². The van der Waals surface area contributed by atoms with Gasteiger partial charge in [0.15, 0.2) is 17.3 Å². The standard InChI is InChI=1S/C27H22O8/c1-32-20-10-7-17(8-11-20)25(28)21(13-16-3-5-18(6-4-16)27(31)33-2)24(26(29)30)19-9-12-22-23(14-19)35-15-34-22/h3-12,14H,13,15H2,1-2H3,(H,29,30)/b24-21-. The largest absolute Gasteiger partial charge is 0.497 e. The number of carbonyl (C=O) groups excluding carboxylic acids is 2. The van der Waals surface area contributed by atoms with Crippen molar-refractivity contribution in [3.05, 3.63) is 94.6 Å². The van der Waals surface area contributed by atoms with Crippen molar-refractivity contribution in [3.8, 4) is 17.2 Å². The van der Waals surface area contributed by atoms with Crippen LogP contribution in [-0.2, 0) is 16.0 Å². The fourth-order valence-electron chi connectivity index (χ4n) is 3.76. The second kappa shape index (κ2) is 10.1. The first-order chi connectivity index (χ1) is 16.9. The van der Waals surface area contributed by atoms with E-state index in [0.29, 0.717) is 39.5 Å². The number of carboxylic acid groups (broad SMARTS) is 1. The molecular weight excluding hydrogens is 452 g/mol. The Balaban J connectivity index is 1.82. The van der Waals surface area contributed by atoms with E-state index in [1.54, 1.807) is 66.7 Å². The van der Waals surface area contributed by atoms with E-state index in [-0.39, 0.29) is 24.4 Å². The third-order valence-electron chi connectivity index (χ3n) is 5.56. The third-order valence-corrected chi connectivity index (χ3v) is 5.56. The van der Waals surface area contributed by atoms with Gasteiger partial charge >= 0.3 is 11.9 Å². The fraction of sp³-hybridized carbons (Fsp3) is 0.148. The summed E-state index contributed by atoms with van der Waals surface area (Å²) < 4.78 is 20.6. The van der Waals surface area contributed by atoms with Gasteiger partial charge in [-0.25, -0.2) is 9.59 Å². The van der Waals surface area contributed by atoms with Gasteiger partial charge in [-0.15, -0.1) is 0 Å². The van der Waals surface area contributed by atoms with Crippen LogP contribution in [0.1, 0.15) is 31.8 Å². The van der Waals surface area contributed by atoms with E-state index in [4.69, 9.17) is 18.9 Å². The van der Waals surface area contributed by atoms with Gasteiger partial charge in [0, 0.05) is 17.6 Å². The van der Waals surface area contributed by atoms with Crippen molar-refractivity contribution in [2.45, 2.75) is 6.42 Å². The molecule has 3 aromatic carbocycles. The zero-order valence-corrected chi connectivity index (χ0v) is 19.1. The number of methoxy groups -OCH3 is 2. The highest BCUT2D eigenvalue weighted by atomic mass is 16.7. The molecule has 0 fully saturated rings. The van der Waals surface area contributed by atoms with E-state index in [2.05, 4.69) is 0 Å². The summed E-state index contributed by atoms with van der Waals surface area (Å²) in [5.74, 6) is -0.723. The van der Waals surface area contributed by atoms with Crippen molar-refractivity contribution in [2.75, 3.05) is 21.0 Å². The molecule has 8 heteroatoms. The van der Waals surface area contributed by atoms with Crippen LogP contribution in [0.15, 0.2) is 72.3 Å². The first-order valence-electron chi connectivity index (χ1n) is 10.6. The Morgan fingerprint density at radius 2 is 1.46 bits per heavy atom. The number of benzene rings is 3. The lowest BCUT2D eigenvalue weighted by Gasteiger charge is -2.14. The summed E-state index contributed by atoms with van der Waals surface area (Å²) in [5.41, 5.74) is 1.54. The fourth-order valence-corrected chi connectivity index (χ4v) is 3.76. The highest BCUT2D eigenvalue weighted by Crippen LogP contribution is 2.36. The molecule has 0 atom stereocenters. The number of Topliss-reactive ketones (excluding diaryl/α,β-unsaturated/α-hetero) is 1. The molecular formula is C27H22O8. The molecule has 4 rings (SSSR count). The van der Waals surface area contributed by atoms with Gasteiger partial charge in [-0.1, -0.05) is 18.2 Å². The molecule has 0 amide bonds. The monoisotopic (exact) mass is 474 g/mol. The maximum atomic E-state index is 13.6. The minimum Gasteiger partial charge on any atom is -0.497 e. The molecule has 178 valence electrons. The molecule has 0 saturated heterocycles. The summed E-state index contributed by atoms with van der Waals surface area (Å²) in [5, 5.41) is 10.2. The average Bonchev–Trinajstić information content (AvgIpc) is 3.36. The van der Waals surface area contributed by atoms with E-state index in [1.165, 1.54) is 14.2 Å². The Morgan fingerprint density at radius 1 is 0.829 bits per heavy atom. The van der Waals surface area contributed by atoms with Crippen LogP contribution >= 0.6 is 0 Å². The number of hydrogen-bond acceptors (Lipinski definition) is 7. The molecule has 1 aliphatic heterocycles. The van der Waals surface area contributed by atoms with E-state index in [0.717, 1.165) is 0 Å². The van der Waals surface area contributed by atoms with Crippen LogP contribution < -0.4 is 14.2 Å². The van der Waals surface area contributed by atoms with Gasteiger partial charge in [0.2, 0.25) is 6.79 Å². The topological polar surface area (TPSA) is 108 Å². The van der Waals surface area contributed by atoms with Crippen LogP contribution in [0.3, 0.4) is 0 Å². The maximum absolute atomic E-state index is 13.6. The number of aliphatic carboxylic acids is 1. The minimum absolute atomic E-state index is 0.0163. The second-order valence-electron chi connectivity index (χ2n) is 7.65. The number of rotatable bonds is 8. The number of hydrogen-bond donors (Lipinski definition) is 1. The molecule has 0 aromatic heterocycles. The Morgan fingerprint density at radius 3 is 2.09 bits per heavy atom. The maximum Gasteiger partial charge on any atom is 0.337 e. The first-order valence-corrected chi connectivity index (χ1v) is 10.6. The molecule has 1 N–H and O–H groups in total. The Kier molecular flexibility index (Phi) is 6.82. The SMILES string of the molecule is COC(=O)c1ccc(C/C(C(=O)c2ccc(OC)cc2)=C(/C(=O)O)c2ccc3c(c2)OCO3)cc1. The summed E-state index contributed by atoms with van der Waals surface area (Å²) >= 11 is 0. The van der Waals surface area contributed by atoms with Gasteiger partial charge in [0.05, 0.1) is 25.4 Å². The van der Waals surface area contributed by atoms with Crippen LogP contribution in [0, 0.1) is 0 Å². The number of ether oxygens (including phenoxy) is 4. The van der Waals surface area contributed by atoms with Crippen molar-refractivity contribution in [1.82, 2.24) is 0 Å². The molecule has 35 heavy (non-hydrogen) atoms. The van der Waals surface area contributed by atoms with E-state index < -0.39 is 17.7 Å². The molecule has 3 aromatic rings. The third kappa shape index (κ3) is 5.01. The lowest BCUT2D eigenvalue weighted by molar-refractivity contribution is -0.130. The summed E-state index contributed by atoms with van der Waals surface area (Å²) in [6.45, 7) is 0.0368. The Labute approximate surface area is 201 Å². The van der Waals surface area contributed by atoms with Gasteiger partial charge in [-0.05, 0) is 59.7 Å². The highest BCUT2D eigenvalue weighted by Gasteiger charge is 2.26. The predicted octanol–water partition coefficient (Wildman–Crippen LogP) is 4.17. The summed E-state index contributed by atoms with van der Waals surface area (Å²) in [4.78, 5) is 37.9. The van der Waals surface area contributed by atoms with Crippen molar-refractivity contribution < 1.29 is 38.4 Å². The average molecular weight is 474 g/mol. The number of esters is 1. The summed E-state index contributed by atoms with van der Waals surface area (Å²) in [6.07, 6.45) is 0.0163. The van der Waals surface area contributed by atoms with Gasteiger partial charge in [0.1, 0.15) is 5.75 Å². The Bertz CT molecular complexity index is 1300. The molecule has 0 aliphatic carbocycles. The van der Waals surface area contributed by atoms with Crippen LogP contribution in [-0.4, -0.2) is 43.8 Å². The van der Waals surface area contributed by atoms with Crippen LogP contribution in [0.5, 0.6) is 17.2 Å². The highest BCUT2D eigenvalue weighted by molar-refractivity contribution is 6.26. The molecule has 1 heterocycles. The van der Waals surface area contributed by atoms with Crippen molar-refractivity contribution in [2.24, 2.45) is 0 Å². The normalized spacial score (nSPS) is 12.5. The minimum atomic E-state index is -1.26. The molecule has 0 radical (unpaired) electrons. The number of carbonyl (C=O) groups is 3. The van der Waals surface area contributed by atoms with E-state index in [1.807, 2.05) is 0 Å². The number of fused-ring (bicyclic) bond motifs is 1. The summed E-state index contributed by atoms with van der Waals surface area (Å²) in [7, 11) is 2.80. The van der Waals surface area contributed by atoms with Crippen molar-refractivity contribution >= 4 is 23.3 Å². The molecule has 8 nitrogen and oxygen atoms in total. The number of ketones is 1. The molecule has 1 aliphatic rings. The molecule has 0 unspecified atom stereocenters. The zero-order valence-electron chi connectivity index (χ0n) is 19.1. The van der Waals surface area contributed by atoms with Gasteiger partial charge < -0.3 is 24.1 Å². The number of carboxylic acids is 1. The second-order valence-corrected chi connectivity index (χ2v) is 7.65. The van der Waals surface area contributed by atoms with E-state index in [9.17, 15) is 19.5 Å².